The Bertz CT molecular complexity index is 251. The summed E-state index contributed by atoms with van der Waals surface area (Å²) in [5, 5.41) is 6.20. The first kappa shape index (κ1) is 12.9. The molecule has 0 amide bonds. The summed E-state index contributed by atoms with van der Waals surface area (Å²) in [5.41, 5.74) is 0. The van der Waals surface area contributed by atoms with Crippen molar-refractivity contribution in [2.24, 2.45) is 4.99 Å². The standard InChI is InChI=1S/C12H21N3O/c1-3-8-14-12(13-4-2)15-10-11-7-5-6-9-16-11/h1,11H,4-10H2,2H3,(H2,13,14,15). The Hall–Kier alpha value is -1.21. The van der Waals surface area contributed by atoms with Crippen molar-refractivity contribution in [3.63, 3.8) is 0 Å². The van der Waals surface area contributed by atoms with Crippen molar-refractivity contribution in [3.8, 4) is 12.3 Å². The molecule has 0 aliphatic carbocycles. The van der Waals surface area contributed by atoms with Crippen LogP contribution < -0.4 is 10.6 Å². The van der Waals surface area contributed by atoms with Crippen LogP contribution in [-0.2, 0) is 4.74 Å². The van der Waals surface area contributed by atoms with Gasteiger partial charge in [-0.05, 0) is 26.2 Å². The van der Waals surface area contributed by atoms with Crippen LogP contribution in [0.2, 0.25) is 0 Å². The van der Waals surface area contributed by atoms with Gasteiger partial charge in [0.05, 0.1) is 19.2 Å². The van der Waals surface area contributed by atoms with Gasteiger partial charge < -0.3 is 15.4 Å². The minimum absolute atomic E-state index is 0.273. The van der Waals surface area contributed by atoms with E-state index >= 15 is 0 Å². The molecule has 1 atom stereocenters. The van der Waals surface area contributed by atoms with Gasteiger partial charge in [-0.1, -0.05) is 5.92 Å². The van der Waals surface area contributed by atoms with Gasteiger partial charge in [0.1, 0.15) is 0 Å². The summed E-state index contributed by atoms with van der Waals surface area (Å²) in [5.74, 6) is 3.30. The molecule has 1 rings (SSSR count). The maximum atomic E-state index is 5.61. The van der Waals surface area contributed by atoms with Crippen molar-refractivity contribution in [1.29, 1.82) is 0 Å². The van der Waals surface area contributed by atoms with Gasteiger partial charge in [0.2, 0.25) is 0 Å². The van der Waals surface area contributed by atoms with Crippen LogP contribution in [0, 0.1) is 12.3 Å². The summed E-state index contributed by atoms with van der Waals surface area (Å²) in [6.07, 6.45) is 9.00. The van der Waals surface area contributed by atoms with Crippen LogP contribution in [0.4, 0.5) is 0 Å². The van der Waals surface area contributed by atoms with E-state index in [0.29, 0.717) is 13.1 Å². The SMILES string of the molecule is C#CCNC(=NCC1CCCCO1)NCC. The largest absolute Gasteiger partial charge is 0.376 e. The number of terminal acetylenes is 1. The van der Waals surface area contributed by atoms with Gasteiger partial charge in [0.25, 0.3) is 0 Å². The quantitative estimate of drug-likeness (QED) is 0.420. The second kappa shape index (κ2) is 8.00. The molecule has 0 radical (unpaired) electrons. The van der Waals surface area contributed by atoms with E-state index in [1.165, 1.54) is 12.8 Å². The summed E-state index contributed by atoms with van der Waals surface area (Å²) in [4.78, 5) is 4.45. The second-order valence-corrected chi connectivity index (χ2v) is 3.77. The minimum atomic E-state index is 0.273. The molecule has 0 saturated carbocycles. The average Bonchev–Trinajstić information content (AvgIpc) is 2.34. The molecule has 1 fully saturated rings. The van der Waals surface area contributed by atoms with E-state index in [9.17, 15) is 0 Å². The minimum Gasteiger partial charge on any atom is -0.376 e. The molecular formula is C12H21N3O. The Morgan fingerprint density at radius 1 is 1.50 bits per heavy atom. The first-order chi connectivity index (χ1) is 7.86. The fourth-order valence-electron chi connectivity index (χ4n) is 1.62. The molecule has 16 heavy (non-hydrogen) atoms. The Kier molecular flexibility index (Phi) is 6.43. The van der Waals surface area contributed by atoms with E-state index in [1.807, 2.05) is 6.92 Å². The normalized spacial score (nSPS) is 21.2. The molecule has 0 aromatic heterocycles. The number of hydrogen-bond acceptors (Lipinski definition) is 2. The van der Waals surface area contributed by atoms with Gasteiger partial charge in [-0.2, -0.15) is 0 Å². The predicted octanol–water partition coefficient (Wildman–Crippen LogP) is 0.744. The van der Waals surface area contributed by atoms with Crippen LogP contribution >= 0.6 is 0 Å². The first-order valence-electron chi connectivity index (χ1n) is 5.94. The number of aliphatic imine (C=N–C) groups is 1. The molecule has 1 aliphatic rings. The molecule has 1 unspecified atom stereocenters. The topological polar surface area (TPSA) is 45.7 Å². The summed E-state index contributed by atoms with van der Waals surface area (Å²) in [6, 6.07) is 0. The van der Waals surface area contributed by atoms with Gasteiger partial charge in [-0.25, -0.2) is 0 Å². The third kappa shape index (κ3) is 5.04. The van der Waals surface area contributed by atoms with Crippen molar-refractivity contribution in [2.45, 2.75) is 32.3 Å². The number of hydrogen-bond donors (Lipinski definition) is 2. The van der Waals surface area contributed by atoms with Crippen molar-refractivity contribution in [1.82, 2.24) is 10.6 Å². The predicted molar refractivity (Wildman–Crippen MR) is 66.4 cm³/mol. The van der Waals surface area contributed by atoms with Gasteiger partial charge in [0.15, 0.2) is 5.96 Å². The molecule has 1 aliphatic heterocycles. The molecule has 1 saturated heterocycles. The maximum Gasteiger partial charge on any atom is 0.192 e. The van der Waals surface area contributed by atoms with Crippen molar-refractivity contribution in [3.05, 3.63) is 0 Å². The van der Waals surface area contributed by atoms with E-state index in [0.717, 1.165) is 25.5 Å². The lowest BCUT2D eigenvalue weighted by Crippen LogP contribution is -2.38. The van der Waals surface area contributed by atoms with E-state index in [-0.39, 0.29) is 6.10 Å². The highest BCUT2D eigenvalue weighted by atomic mass is 16.5. The maximum absolute atomic E-state index is 5.61. The molecule has 0 aromatic carbocycles. The Balaban J connectivity index is 2.33. The third-order valence-electron chi connectivity index (χ3n) is 2.43. The third-order valence-corrected chi connectivity index (χ3v) is 2.43. The van der Waals surface area contributed by atoms with Gasteiger partial charge in [-0.3, -0.25) is 4.99 Å². The molecule has 2 N–H and O–H groups in total. The van der Waals surface area contributed by atoms with Crippen LogP contribution in [0.5, 0.6) is 0 Å². The fraction of sp³-hybridized carbons (Fsp3) is 0.750. The van der Waals surface area contributed by atoms with Gasteiger partial charge in [-0.15, -0.1) is 6.42 Å². The monoisotopic (exact) mass is 223 g/mol. The number of ether oxygens (including phenoxy) is 1. The zero-order valence-corrected chi connectivity index (χ0v) is 9.96. The van der Waals surface area contributed by atoms with E-state index in [2.05, 4.69) is 21.5 Å². The average molecular weight is 223 g/mol. The first-order valence-corrected chi connectivity index (χ1v) is 5.94. The van der Waals surface area contributed by atoms with E-state index in [4.69, 9.17) is 11.2 Å². The van der Waals surface area contributed by atoms with Gasteiger partial charge >= 0.3 is 0 Å². The van der Waals surface area contributed by atoms with Crippen LogP contribution in [0.25, 0.3) is 0 Å². The van der Waals surface area contributed by atoms with Crippen LogP contribution in [0.3, 0.4) is 0 Å². The fourth-order valence-corrected chi connectivity index (χ4v) is 1.62. The number of nitrogens with one attached hydrogen (secondary N) is 2. The Morgan fingerprint density at radius 3 is 3.00 bits per heavy atom. The van der Waals surface area contributed by atoms with Crippen LogP contribution in [0.15, 0.2) is 4.99 Å². The Labute approximate surface area is 97.9 Å². The molecular weight excluding hydrogens is 202 g/mol. The smallest absolute Gasteiger partial charge is 0.192 e. The van der Waals surface area contributed by atoms with Crippen molar-refractivity contribution < 1.29 is 4.74 Å². The molecule has 4 nitrogen and oxygen atoms in total. The Morgan fingerprint density at radius 2 is 2.38 bits per heavy atom. The number of rotatable bonds is 4. The second-order valence-electron chi connectivity index (χ2n) is 3.77. The molecule has 0 aromatic rings. The van der Waals surface area contributed by atoms with E-state index < -0.39 is 0 Å². The highest BCUT2D eigenvalue weighted by Crippen LogP contribution is 2.12. The lowest BCUT2D eigenvalue weighted by molar-refractivity contribution is 0.0224. The summed E-state index contributed by atoms with van der Waals surface area (Å²) in [6.45, 7) is 4.94. The number of nitrogens with zero attached hydrogens (tertiary/aromatic N) is 1. The molecule has 0 bridgehead atoms. The van der Waals surface area contributed by atoms with Crippen LogP contribution in [0.1, 0.15) is 26.2 Å². The van der Waals surface area contributed by atoms with Crippen molar-refractivity contribution in [2.75, 3.05) is 26.2 Å². The van der Waals surface area contributed by atoms with Crippen LogP contribution in [-0.4, -0.2) is 38.3 Å². The van der Waals surface area contributed by atoms with E-state index in [1.54, 1.807) is 0 Å². The summed E-state index contributed by atoms with van der Waals surface area (Å²) in [7, 11) is 0. The highest BCUT2D eigenvalue weighted by Gasteiger charge is 2.13. The summed E-state index contributed by atoms with van der Waals surface area (Å²) >= 11 is 0. The zero-order chi connectivity index (χ0) is 11.6. The zero-order valence-electron chi connectivity index (χ0n) is 9.96. The molecule has 4 heteroatoms. The van der Waals surface area contributed by atoms with Crippen molar-refractivity contribution >= 4 is 5.96 Å². The van der Waals surface area contributed by atoms with Gasteiger partial charge in [0, 0.05) is 13.2 Å². The lowest BCUT2D eigenvalue weighted by Gasteiger charge is -2.21. The highest BCUT2D eigenvalue weighted by molar-refractivity contribution is 5.79. The molecule has 1 heterocycles. The lowest BCUT2D eigenvalue weighted by atomic mass is 10.1. The molecule has 0 spiro atoms. The number of guanidine groups is 1. The molecule has 90 valence electrons. The summed E-state index contributed by atoms with van der Waals surface area (Å²) < 4.78 is 5.61.